The lowest BCUT2D eigenvalue weighted by Crippen LogP contribution is -2.49. The molecule has 0 spiro atoms. The van der Waals surface area contributed by atoms with E-state index in [-0.39, 0.29) is 24.8 Å². The largest absolute Gasteiger partial charge is 0.352 e. The van der Waals surface area contributed by atoms with Gasteiger partial charge in [-0.3, -0.25) is 4.68 Å². The van der Waals surface area contributed by atoms with Crippen molar-refractivity contribution >= 4 is 30.6 Å². The topological polar surface area (TPSA) is 72.9 Å². The first-order chi connectivity index (χ1) is 11.0. The van der Waals surface area contributed by atoms with Crippen LogP contribution in [0.3, 0.4) is 0 Å². The molecule has 1 aliphatic heterocycles. The molecule has 8 heteroatoms. The molecule has 0 bridgehead atoms. The fourth-order valence-electron chi connectivity index (χ4n) is 3.66. The molecule has 138 valence electrons. The number of nitrogens with zero attached hydrogens (tertiary/aromatic N) is 5. The van der Waals surface area contributed by atoms with Crippen molar-refractivity contribution in [1.29, 1.82) is 0 Å². The molecule has 0 atom stereocenters. The van der Waals surface area contributed by atoms with Gasteiger partial charge in [-0.1, -0.05) is 0 Å². The number of aryl methyl sites for hydroxylation is 3. The Morgan fingerprint density at radius 3 is 2.28 bits per heavy atom. The Labute approximate surface area is 161 Å². The number of nitrogens with two attached hydrogens (primary N) is 1. The molecule has 3 heterocycles. The number of hydrogen-bond acceptors (Lipinski definition) is 5. The van der Waals surface area contributed by atoms with Gasteiger partial charge < -0.3 is 10.6 Å². The van der Waals surface area contributed by atoms with E-state index in [9.17, 15) is 0 Å². The van der Waals surface area contributed by atoms with Crippen molar-refractivity contribution in [2.75, 3.05) is 18.0 Å². The molecule has 1 saturated carbocycles. The first-order valence-corrected chi connectivity index (χ1v) is 8.38. The van der Waals surface area contributed by atoms with Gasteiger partial charge in [0.05, 0.1) is 11.7 Å². The lowest BCUT2D eigenvalue weighted by atomic mass is 9.78. The maximum absolute atomic E-state index is 5.91. The van der Waals surface area contributed by atoms with E-state index in [1.807, 2.05) is 13.8 Å². The minimum Gasteiger partial charge on any atom is -0.352 e. The van der Waals surface area contributed by atoms with Crippen molar-refractivity contribution in [3.63, 3.8) is 0 Å². The highest BCUT2D eigenvalue weighted by Gasteiger charge is 2.33. The molecular weight excluding hydrogens is 359 g/mol. The molecule has 2 aromatic rings. The summed E-state index contributed by atoms with van der Waals surface area (Å²) in [4.78, 5) is 11.6. The van der Waals surface area contributed by atoms with E-state index in [2.05, 4.69) is 43.7 Å². The predicted octanol–water partition coefficient (Wildman–Crippen LogP) is 2.71. The van der Waals surface area contributed by atoms with E-state index < -0.39 is 0 Å². The first-order valence-electron chi connectivity index (χ1n) is 8.38. The third-order valence-electron chi connectivity index (χ3n) is 5.01. The zero-order chi connectivity index (χ0) is 16.1. The summed E-state index contributed by atoms with van der Waals surface area (Å²) in [6.07, 6.45) is 2.09. The molecule has 2 aromatic heterocycles. The van der Waals surface area contributed by atoms with Crippen LogP contribution in [0.4, 0.5) is 5.82 Å². The highest BCUT2D eigenvalue weighted by atomic mass is 35.5. The molecule has 2 fully saturated rings. The predicted molar refractivity (Wildman–Crippen MR) is 104 cm³/mol. The molecule has 25 heavy (non-hydrogen) atoms. The van der Waals surface area contributed by atoms with Crippen molar-refractivity contribution in [1.82, 2.24) is 19.7 Å². The summed E-state index contributed by atoms with van der Waals surface area (Å²) in [5.41, 5.74) is 9.39. The highest BCUT2D eigenvalue weighted by molar-refractivity contribution is 5.85. The Hall–Kier alpha value is -1.37. The normalized spacial score (nSPS) is 22.5. The second kappa shape index (κ2) is 7.48. The Morgan fingerprint density at radius 2 is 1.72 bits per heavy atom. The lowest BCUT2D eigenvalue weighted by molar-refractivity contribution is 0.342. The second-order valence-electron chi connectivity index (χ2n) is 7.06. The van der Waals surface area contributed by atoms with Crippen LogP contribution in [-0.2, 0) is 0 Å². The number of halogens is 2. The smallest absolute Gasteiger partial charge is 0.132 e. The van der Waals surface area contributed by atoms with Gasteiger partial charge in [-0.15, -0.1) is 24.8 Å². The third kappa shape index (κ3) is 3.76. The van der Waals surface area contributed by atoms with Gasteiger partial charge in [0.2, 0.25) is 0 Å². The van der Waals surface area contributed by atoms with E-state index in [1.165, 1.54) is 5.69 Å². The molecule has 0 aromatic carbocycles. The van der Waals surface area contributed by atoms with Crippen LogP contribution in [0.2, 0.25) is 0 Å². The van der Waals surface area contributed by atoms with Crippen LogP contribution < -0.4 is 10.6 Å². The van der Waals surface area contributed by atoms with Gasteiger partial charge in [-0.05, 0) is 39.7 Å². The summed E-state index contributed by atoms with van der Waals surface area (Å²) < 4.78 is 2.14. The van der Waals surface area contributed by atoms with Crippen LogP contribution in [0.5, 0.6) is 0 Å². The van der Waals surface area contributed by atoms with E-state index >= 15 is 0 Å². The van der Waals surface area contributed by atoms with Gasteiger partial charge in [-0.25, -0.2) is 9.97 Å². The third-order valence-corrected chi connectivity index (χ3v) is 5.01. The maximum Gasteiger partial charge on any atom is 0.132 e. The van der Waals surface area contributed by atoms with E-state index in [4.69, 9.17) is 5.73 Å². The fraction of sp³-hybridized carbons (Fsp3) is 0.588. The van der Waals surface area contributed by atoms with Gasteiger partial charge in [-0.2, -0.15) is 5.10 Å². The van der Waals surface area contributed by atoms with Gasteiger partial charge in [0.1, 0.15) is 11.6 Å². The van der Waals surface area contributed by atoms with Crippen molar-refractivity contribution in [3.8, 4) is 0 Å². The van der Waals surface area contributed by atoms with Gasteiger partial charge >= 0.3 is 0 Å². The van der Waals surface area contributed by atoms with Gasteiger partial charge in [0, 0.05) is 42.5 Å². The second-order valence-corrected chi connectivity index (χ2v) is 7.06. The monoisotopic (exact) mass is 384 g/mol. The number of rotatable bonds is 3. The van der Waals surface area contributed by atoms with E-state index in [0.717, 1.165) is 49.0 Å². The average Bonchev–Trinajstić information content (AvgIpc) is 2.72. The maximum atomic E-state index is 5.91. The molecule has 2 N–H and O–H groups in total. The summed E-state index contributed by atoms with van der Waals surface area (Å²) in [5, 5.41) is 4.60. The SMILES string of the molecule is Cc1cc(C)n(C2CN(c3cc(C4CC(N)C4)nc(C)n3)C2)n1.Cl.Cl. The van der Waals surface area contributed by atoms with Crippen molar-refractivity contribution in [2.45, 2.75) is 51.6 Å². The molecule has 1 aliphatic carbocycles. The van der Waals surface area contributed by atoms with Crippen LogP contribution in [0.25, 0.3) is 0 Å². The molecule has 6 nitrogen and oxygen atoms in total. The van der Waals surface area contributed by atoms with Gasteiger partial charge in [0.15, 0.2) is 0 Å². The fourth-order valence-corrected chi connectivity index (χ4v) is 3.66. The molecule has 0 radical (unpaired) electrons. The zero-order valence-electron chi connectivity index (χ0n) is 14.8. The Balaban J connectivity index is 0.00000113. The Kier molecular flexibility index (Phi) is 5.97. The zero-order valence-corrected chi connectivity index (χ0v) is 16.5. The first kappa shape index (κ1) is 19.9. The van der Waals surface area contributed by atoms with Crippen molar-refractivity contribution in [3.05, 3.63) is 35.0 Å². The lowest BCUT2D eigenvalue weighted by Gasteiger charge is -2.41. The number of hydrogen-bond donors (Lipinski definition) is 1. The average molecular weight is 385 g/mol. The quantitative estimate of drug-likeness (QED) is 0.880. The van der Waals surface area contributed by atoms with E-state index in [0.29, 0.717) is 18.0 Å². The summed E-state index contributed by atoms with van der Waals surface area (Å²) in [6, 6.07) is 5.08. The molecule has 4 rings (SSSR count). The molecule has 0 amide bonds. The van der Waals surface area contributed by atoms with Crippen LogP contribution in [-0.4, -0.2) is 38.9 Å². The minimum atomic E-state index is 0. The highest BCUT2D eigenvalue weighted by Crippen LogP contribution is 2.36. The summed E-state index contributed by atoms with van der Waals surface area (Å²) in [6.45, 7) is 8.06. The van der Waals surface area contributed by atoms with Crippen molar-refractivity contribution < 1.29 is 0 Å². The van der Waals surface area contributed by atoms with Crippen LogP contribution >= 0.6 is 24.8 Å². The van der Waals surface area contributed by atoms with Crippen LogP contribution in [0, 0.1) is 20.8 Å². The summed E-state index contributed by atoms with van der Waals surface area (Å²) in [7, 11) is 0. The summed E-state index contributed by atoms with van der Waals surface area (Å²) >= 11 is 0. The van der Waals surface area contributed by atoms with Crippen LogP contribution in [0.15, 0.2) is 12.1 Å². The molecular formula is C17H26Cl2N6. The number of anilines is 1. The Morgan fingerprint density at radius 1 is 1.04 bits per heavy atom. The number of aromatic nitrogens is 4. The molecule has 1 saturated heterocycles. The standard InChI is InChI=1S/C17H24N6.2ClH/c1-10-4-11(2)23(21-10)15-8-22(9-15)17-7-16(19-12(3)20-17)13-5-14(18)6-13;;/h4,7,13-15H,5-6,8-9,18H2,1-3H3;2*1H. The molecule has 0 unspecified atom stereocenters. The summed E-state index contributed by atoms with van der Waals surface area (Å²) in [5.74, 6) is 2.41. The van der Waals surface area contributed by atoms with E-state index in [1.54, 1.807) is 0 Å². The van der Waals surface area contributed by atoms with Crippen molar-refractivity contribution in [2.24, 2.45) is 5.73 Å². The van der Waals surface area contributed by atoms with Gasteiger partial charge in [0.25, 0.3) is 0 Å². The Bertz CT molecular complexity index is 735. The minimum absolute atomic E-state index is 0. The van der Waals surface area contributed by atoms with Crippen LogP contribution in [0.1, 0.15) is 47.7 Å². The molecule has 2 aliphatic rings.